The Morgan fingerprint density at radius 1 is 1.47 bits per heavy atom. The Balaban J connectivity index is 2.72. The topological polar surface area (TPSA) is 86.7 Å². The monoisotopic (exact) mass is 278 g/mol. The first-order valence-electron chi connectivity index (χ1n) is 4.80. The number of nitrogens with zero attached hydrogens (tertiary/aromatic N) is 1. The number of nitrogens with one attached hydrogen (secondary N) is 1. The SMILES string of the molecule is CN(C)CCNS(=O)(=O)c1ccc(C(=O)O)s1. The number of likely N-dealkylation sites (N-methyl/N-ethyl adjacent to an activating group) is 1. The lowest BCUT2D eigenvalue weighted by Gasteiger charge is -2.09. The Labute approximate surface area is 104 Å². The Morgan fingerprint density at radius 2 is 2.12 bits per heavy atom. The number of carboxylic acids is 1. The second-order valence-corrected chi connectivity index (χ2v) is 6.70. The van der Waals surface area contributed by atoms with Crippen molar-refractivity contribution in [3.8, 4) is 0 Å². The average molecular weight is 278 g/mol. The van der Waals surface area contributed by atoms with E-state index in [-0.39, 0.29) is 15.6 Å². The summed E-state index contributed by atoms with van der Waals surface area (Å²) in [5.41, 5.74) is 0. The Kier molecular flexibility index (Phi) is 4.63. The number of carbonyl (C=O) groups is 1. The molecular formula is C9H14N2O4S2. The fourth-order valence-electron chi connectivity index (χ4n) is 1.05. The van der Waals surface area contributed by atoms with Crippen LogP contribution in [0, 0.1) is 0 Å². The fraction of sp³-hybridized carbons (Fsp3) is 0.444. The average Bonchev–Trinajstić information content (AvgIpc) is 2.65. The number of hydrogen-bond acceptors (Lipinski definition) is 5. The van der Waals surface area contributed by atoms with E-state index in [2.05, 4.69) is 4.72 Å². The molecule has 0 radical (unpaired) electrons. The van der Waals surface area contributed by atoms with Gasteiger partial charge in [-0.2, -0.15) is 0 Å². The van der Waals surface area contributed by atoms with Gasteiger partial charge in [0.05, 0.1) is 0 Å². The Bertz CT molecular complexity index is 493. The molecule has 0 bridgehead atoms. The van der Waals surface area contributed by atoms with Crippen molar-refractivity contribution in [2.24, 2.45) is 0 Å². The Morgan fingerprint density at radius 3 is 2.59 bits per heavy atom. The molecule has 0 amide bonds. The predicted octanol–water partition coefficient (Wildman–Crippen LogP) is 0.286. The third-order valence-corrected chi connectivity index (χ3v) is 4.93. The molecule has 0 unspecified atom stereocenters. The molecule has 1 aromatic heterocycles. The van der Waals surface area contributed by atoms with Gasteiger partial charge in [0.1, 0.15) is 9.09 Å². The lowest BCUT2D eigenvalue weighted by molar-refractivity contribution is 0.0702. The molecule has 0 saturated heterocycles. The molecule has 0 aliphatic heterocycles. The van der Waals surface area contributed by atoms with E-state index in [1.165, 1.54) is 12.1 Å². The highest BCUT2D eigenvalue weighted by Crippen LogP contribution is 2.21. The third kappa shape index (κ3) is 4.08. The molecule has 0 aliphatic rings. The molecule has 6 nitrogen and oxygen atoms in total. The largest absolute Gasteiger partial charge is 0.477 e. The highest BCUT2D eigenvalue weighted by molar-refractivity contribution is 7.91. The summed E-state index contributed by atoms with van der Waals surface area (Å²) in [4.78, 5) is 12.5. The minimum Gasteiger partial charge on any atom is -0.477 e. The van der Waals surface area contributed by atoms with Gasteiger partial charge < -0.3 is 10.0 Å². The molecule has 8 heteroatoms. The molecular weight excluding hydrogens is 264 g/mol. The van der Waals surface area contributed by atoms with Gasteiger partial charge in [-0.1, -0.05) is 0 Å². The highest BCUT2D eigenvalue weighted by atomic mass is 32.2. The van der Waals surface area contributed by atoms with Crippen molar-refractivity contribution >= 4 is 27.3 Å². The van der Waals surface area contributed by atoms with Crippen LogP contribution in [0.25, 0.3) is 0 Å². The van der Waals surface area contributed by atoms with Crippen LogP contribution >= 0.6 is 11.3 Å². The quantitative estimate of drug-likeness (QED) is 0.781. The summed E-state index contributed by atoms with van der Waals surface area (Å²) in [6.45, 7) is 0.867. The van der Waals surface area contributed by atoms with Gasteiger partial charge in [0.2, 0.25) is 10.0 Å². The van der Waals surface area contributed by atoms with Gasteiger partial charge in [-0.05, 0) is 26.2 Å². The standard InChI is InChI=1S/C9H14N2O4S2/c1-11(2)6-5-10-17(14,15)8-4-3-7(16-8)9(12)13/h3-4,10H,5-6H2,1-2H3,(H,12,13). The van der Waals surface area contributed by atoms with Gasteiger partial charge in [0, 0.05) is 13.1 Å². The summed E-state index contributed by atoms with van der Waals surface area (Å²) in [5, 5.41) is 8.70. The normalized spacial score (nSPS) is 11.9. The van der Waals surface area contributed by atoms with E-state index in [9.17, 15) is 13.2 Å². The molecule has 1 rings (SSSR count). The van der Waals surface area contributed by atoms with Crippen molar-refractivity contribution in [2.45, 2.75) is 4.21 Å². The minimum absolute atomic E-state index is 0.0120. The first-order chi connectivity index (χ1) is 7.83. The van der Waals surface area contributed by atoms with Crippen LogP contribution in [0.1, 0.15) is 9.67 Å². The number of carboxylic acid groups (broad SMARTS) is 1. The predicted molar refractivity (Wildman–Crippen MR) is 65.0 cm³/mol. The summed E-state index contributed by atoms with van der Waals surface area (Å²) in [5.74, 6) is -1.12. The van der Waals surface area contributed by atoms with E-state index in [0.717, 1.165) is 11.3 Å². The van der Waals surface area contributed by atoms with Crippen LogP contribution in [0.5, 0.6) is 0 Å². The summed E-state index contributed by atoms with van der Waals surface area (Å²) < 4.78 is 25.9. The highest BCUT2D eigenvalue weighted by Gasteiger charge is 2.18. The van der Waals surface area contributed by atoms with Gasteiger partial charge in [0.15, 0.2) is 0 Å². The smallest absolute Gasteiger partial charge is 0.345 e. The van der Waals surface area contributed by atoms with Gasteiger partial charge in [-0.15, -0.1) is 11.3 Å². The Hall–Kier alpha value is -0.960. The zero-order chi connectivity index (χ0) is 13.1. The van der Waals surface area contributed by atoms with Crippen molar-refractivity contribution in [1.82, 2.24) is 9.62 Å². The molecule has 0 saturated carbocycles. The minimum atomic E-state index is -3.59. The molecule has 0 spiro atoms. The van der Waals surface area contributed by atoms with Crippen LogP contribution in [-0.2, 0) is 10.0 Å². The van der Waals surface area contributed by atoms with Crippen LogP contribution in [0.3, 0.4) is 0 Å². The van der Waals surface area contributed by atoms with E-state index in [1.807, 2.05) is 19.0 Å². The second-order valence-electron chi connectivity index (χ2n) is 3.62. The van der Waals surface area contributed by atoms with Crippen molar-refractivity contribution < 1.29 is 18.3 Å². The molecule has 0 aliphatic carbocycles. The number of sulfonamides is 1. The summed E-state index contributed by atoms with van der Waals surface area (Å²) in [7, 11) is 0.0805. The zero-order valence-corrected chi connectivity index (χ0v) is 11.1. The molecule has 2 N–H and O–H groups in total. The molecule has 0 atom stereocenters. The summed E-state index contributed by atoms with van der Waals surface area (Å²) in [6.07, 6.45) is 0. The molecule has 96 valence electrons. The van der Waals surface area contributed by atoms with E-state index >= 15 is 0 Å². The summed E-state index contributed by atoms with van der Waals surface area (Å²) >= 11 is 0.743. The van der Waals surface area contributed by atoms with Crippen molar-refractivity contribution in [2.75, 3.05) is 27.2 Å². The van der Waals surface area contributed by atoms with Crippen LogP contribution in [-0.4, -0.2) is 51.6 Å². The molecule has 0 fully saturated rings. The van der Waals surface area contributed by atoms with Crippen LogP contribution < -0.4 is 4.72 Å². The van der Waals surface area contributed by atoms with E-state index in [1.54, 1.807) is 0 Å². The second kappa shape index (κ2) is 5.58. The third-order valence-electron chi connectivity index (χ3n) is 1.91. The van der Waals surface area contributed by atoms with E-state index in [4.69, 9.17) is 5.11 Å². The lowest BCUT2D eigenvalue weighted by Crippen LogP contribution is -2.30. The van der Waals surface area contributed by atoms with Crippen molar-refractivity contribution in [3.63, 3.8) is 0 Å². The maximum atomic E-state index is 11.7. The molecule has 0 aromatic carbocycles. The lowest BCUT2D eigenvalue weighted by atomic mass is 10.5. The number of hydrogen-bond donors (Lipinski definition) is 2. The number of rotatable bonds is 6. The first kappa shape index (κ1) is 14.1. The molecule has 1 aromatic rings. The fourth-order valence-corrected chi connectivity index (χ4v) is 3.26. The van der Waals surface area contributed by atoms with Crippen molar-refractivity contribution in [1.29, 1.82) is 0 Å². The maximum Gasteiger partial charge on any atom is 0.345 e. The van der Waals surface area contributed by atoms with Gasteiger partial charge >= 0.3 is 5.97 Å². The number of thiophene rings is 1. The van der Waals surface area contributed by atoms with Gasteiger partial charge in [-0.25, -0.2) is 17.9 Å². The maximum absolute atomic E-state index is 11.7. The van der Waals surface area contributed by atoms with E-state index in [0.29, 0.717) is 6.54 Å². The molecule has 17 heavy (non-hydrogen) atoms. The first-order valence-corrected chi connectivity index (χ1v) is 7.10. The van der Waals surface area contributed by atoms with E-state index < -0.39 is 16.0 Å². The van der Waals surface area contributed by atoms with Crippen LogP contribution in [0.15, 0.2) is 16.3 Å². The van der Waals surface area contributed by atoms with Crippen LogP contribution in [0.4, 0.5) is 0 Å². The van der Waals surface area contributed by atoms with Gasteiger partial charge in [-0.3, -0.25) is 0 Å². The van der Waals surface area contributed by atoms with Gasteiger partial charge in [0.25, 0.3) is 0 Å². The zero-order valence-electron chi connectivity index (χ0n) is 9.50. The van der Waals surface area contributed by atoms with Crippen LogP contribution in [0.2, 0.25) is 0 Å². The van der Waals surface area contributed by atoms with Crippen molar-refractivity contribution in [3.05, 3.63) is 17.0 Å². The summed E-state index contributed by atoms with van der Waals surface area (Å²) in [6, 6.07) is 2.58. The number of aromatic carboxylic acids is 1. The molecule has 1 heterocycles.